The third-order valence-electron chi connectivity index (χ3n) is 1.39. The molecule has 0 aromatic carbocycles. The van der Waals surface area contributed by atoms with E-state index in [4.69, 9.17) is 0 Å². The van der Waals surface area contributed by atoms with Gasteiger partial charge in [-0.1, -0.05) is 6.07 Å². The third-order valence-corrected chi connectivity index (χ3v) is 2.44. The fourth-order valence-electron chi connectivity index (χ4n) is 0.914. The second-order valence-corrected chi connectivity index (χ2v) is 3.42. The molecular weight excluding hydrogens is 158 g/mol. The quantitative estimate of drug-likeness (QED) is 0.720. The van der Waals surface area contributed by atoms with Crippen LogP contribution in [0.25, 0.3) is 0 Å². The molecule has 0 fully saturated rings. The summed E-state index contributed by atoms with van der Waals surface area (Å²) in [6.45, 7) is 3.51. The highest BCUT2D eigenvalue weighted by atomic mass is 32.1. The predicted octanol–water partition coefficient (Wildman–Crippen LogP) is 1.95. The molecule has 0 spiro atoms. The molecule has 1 aromatic heterocycles. The summed E-state index contributed by atoms with van der Waals surface area (Å²) in [4.78, 5) is 11.8. The molecule has 3 heteroatoms. The van der Waals surface area contributed by atoms with E-state index >= 15 is 0 Å². The molecule has 0 radical (unpaired) electrons. The summed E-state index contributed by atoms with van der Waals surface area (Å²) in [5.74, 6) is 0.0194. The van der Waals surface area contributed by atoms with Crippen molar-refractivity contribution in [3.05, 3.63) is 22.4 Å². The van der Waals surface area contributed by atoms with Crippen LogP contribution in [0.4, 0.5) is 0 Å². The topological polar surface area (TPSA) is 29.1 Å². The van der Waals surface area contributed by atoms with Crippen molar-refractivity contribution in [1.29, 1.82) is 0 Å². The Morgan fingerprint density at radius 1 is 1.73 bits per heavy atom. The van der Waals surface area contributed by atoms with Gasteiger partial charge in [-0.05, 0) is 18.4 Å². The first-order valence-corrected chi connectivity index (χ1v) is 4.38. The summed E-state index contributed by atoms with van der Waals surface area (Å²) in [5, 5.41) is 4.82. The molecule has 0 aliphatic carbocycles. The second kappa shape index (κ2) is 3.53. The maximum Gasteiger partial charge on any atom is 0.217 e. The first kappa shape index (κ1) is 8.27. The number of carbonyl (C=O) groups excluding carboxylic acids is 1. The van der Waals surface area contributed by atoms with E-state index in [2.05, 4.69) is 5.32 Å². The fourth-order valence-corrected chi connectivity index (χ4v) is 1.65. The lowest BCUT2D eigenvalue weighted by Gasteiger charge is -2.08. The third kappa shape index (κ3) is 2.35. The minimum atomic E-state index is 0.0194. The zero-order chi connectivity index (χ0) is 8.27. The van der Waals surface area contributed by atoms with E-state index in [-0.39, 0.29) is 11.9 Å². The highest BCUT2D eigenvalue weighted by Crippen LogP contribution is 2.17. The number of hydrogen-bond acceptors (Lipinski definition) is 2. The lowest BCUT2D eigenvalue weighted by molar-refractivity contribution is -0.119. The average molecular weight is 169 g/mol. The summed E-state index contributed by atoms with van der Waals surface area (Å²) in [7, 11) is 0. The Morgan fingerprint density at radius 3 is 2.91 bits per heavy atom. The molecule has 0 aliphatic rings. The van der Waals surface area contributed by atoms with Gasteiger partial charge in [0.2, 0.25) is 5.91 Å². The van der Waals surface area contributed by atoms with E-state index in [1.54, 1.807) is 11.3 Å². The van der Waals surface area contributed by atoms with E-state index in [1.165, 1.54) is 11.8 Å². The second-order valence-electron chi connectivity index (χ2n) is 2.44. The van der Waals surface area contributed by atoms with Crippen molar-refractivity contribution in [2.45, 2.75) is 19.9 Å². The van der Waals surface area contributed by atoms with Crippen molar-refractivity contribution < 1.29 is 4.79 Å². The number of hydrogen-bond donors (Lipinski definition) is 1. The minimum Gasteiger partial charge on any atom is -0.349 e. The molecule has 0 saturated carbocycles. The molecule has 0 saturated heterocycles. The maximum atomic E-state index is 10.6. The Balaban J connectivity index is 2.56. The van der Waals surface area contributed by atoms with Gasteiger partial charge in [0, 0.05) is 11.8 Å². The molecule has 0 unspecified atom stereocenters. The van der Waals surface area contributed by atoms with Crippen LogP contribution in [-0.4, -0.2) is 5.91 Å². The van der Waals surface area contributed by atoms with Crippen molar-refractivity contribution >= 4 is 17.2 Å². The van der Waals surface area contributed by atoms with E-state index in [0.29, 0.717) is 0 Å². The predicted molar refractivity (Wildman–Crippen MR) is 46.6 cm³/mol. The van der Waals surface area contributed by atoms with Gasteiger partial charge in [-0.25, -0.2) is 0 Å². The Kier molecular flexibility index (Phi) is 2.65. The van der Waals surface area contributed by atoms with Crippen LogP contribution in [0.5, 0.6) is 0 Å². The van der Waals surface area contributed by atoms with Gasteiger partial charge in [-0.3, -0.25) is 4.79 Å². The summed E-state index contributed by atoms with van der Waals surface area (Å²) < 4.78 is 0. The number of thiophene rings is 1. The van der Waals surface area contributed by atoms with Gasteiger partial charge < -0.3 is 5.32 Å². The molecule has 0 bridgehead atoms. The molecule has 11 heavy (non-hydrogen) atoms. The fraction of sp³-hybridized carbons (Fsp3) is 0.375. The molecule has 0 aliphatic heterocycles. The van der Waals surface area contributed by atoms with Crippen LogP contribution in [-0.2, 0) is 4.79 Å². The van der Waals surface area contributed by atoms with Gasteiger partial charge in [-0.2, -0.15) is 0 Å². The SMILES string of the molecule is CC(=O)N[C@H](C)c1cccs1. The van der Waals surface area contributed by atoms with Gasteiger partial charge in [0.25, 0.3) is 0 Å². The van der Waals surface area contributed by atoms with Gasteiger partial charge >= 0.3 is 0 Å². The first-order chi connectivity index (χ1) is 5.20. The molecule has 2 nitrogen and oxygen atoms in total. The smallest absolute Gasteiger partial charge is 0.217 e. The lowest BCUT2D eigenvalue weighted by atomic mass is 10.3. The maximum absolute atomic E-state index is 10.6. The summed E-state index contributed by atoms with van der Waals surface area (Å²) in [5.41, 5.74) is 0. The van der Waals surface area contributed by atoms with Crippen LogP contribution in [0, 0.1) is 0 Å². The Hall–Kier alpha value is -0.830. The number of nitrogens with one attached hydrogen (secondary N) is 1. The number of carbonyl (C=O) groups is 1. The normalized spacial score (nSPS) is 12.5. The Bertz CT molecular complexity index is 230. The van der Waals surface area contributed by atoms with Crippen LogP contribution in [0.1, 0.15) is 24.8 Å². The van der Waals surface area contributed by atoms with E-state index < -0.39 is 0 Å². The van der Waals surface area contributed by atoms with Crippen molar-refractivity contribution in [2.75, 3.05) is 0 Å². The summed E-state index contributed by atoms with van der Waals surface area (Å²) in [6.07, 6.45) is 0. The molecule has 1 atom stereocenters. The van der Waals surface area contributed by atoms with Crippen LogP contribution in [0.15, 0.2) is 17.5 Å². The zero-order valence-electron chi connectivity index (χ0n) is 6.63. The van der Waals surface area contributed by atoms with Crippen molar-refractivity contribution in [3.63, 3.8) is 0 Å². The lowest BCUT2D eigenvalue weighted by Crippen LogP contribution is -2.22. The Morgan fingerprint density at radius 2 is 2.45 bits per heavy atom. The van der Waals surface area contributed by atoms with Gasteiger partial charge in [0.1, 0.15) is 0 Å². The largest absolute Gasteiger partial charge is 0.349 e. The highest BCUT2D eigenvalue weighted by molar-refractivity contribution is 7.10. The van der Waals surface area contributed by atoms with Gasteiger partial charge in [0.05, 0.1) is 6.04 Å². The molecule has 1 heterocycles. The molecule has 1 N–H and O–H groups in total. The van der Waals surface area contributed by atoms with Crippen molar-refractivity contribution in [2.24, 2.45) is 0 Å². The van der Waals surface area contributed by atoms with Gasteiger partial charge in [0.15, 0.2) is 0 Å². The molecule has 1 rings (SSSR count). The average Bonchev–Trinajstić information content (AvgIpc) is 2.35. The monoisotopic (exact) mass is 169 g/mol. The number of amides is 1. The van der Waals surface area contributed by atoms with E-state index in [9.17, 15) is 4.79 Å². The molecular formula is C8H11NOS. The molecule has 1 amide bonds. The van der Waals surface area contributed by atoms with E-state index in [1.807, 2.05) is 24.4 Å². The Labute approximate surface area is 70.2 Å². The highest BCUT2D eigenvalue weighted by Gasteiger charge is 2.05. The summed E-state index contributed by atoms with van der Waals surface area (Å²) >= 11 is 1.66. The van der Waals surface area contributed by atoms with Gasteiger partial charge in [-0.15, -0.1) is 11.3 Å². The molecule has 60 valence electrons. The van der Waals surface area contributed by atoms with Crippen LogP contribution in [0.2, 0.25) is 0 Å². The standard InChI is InChI=1S/C8H11NOS/c1-6(9-7(2)10)8-4-3-5-11-8/h3-6H,1-2H3,(H,9,10)/t6-/m1/s1. The van der Waals surface area contributed by atoms with Crippen molar-refractivity contribution in [1.82, 2.24) is 5.32 Å². The minimum absolute atomic E-state index is 0.0194. The first-order valence-electron chi connectivity index (χ1n) is 3.50. The zero-order valence-corrected chi connectivity index (χ0v) is 7.44. The van der Waals surface area contributed by atoms with E-state index in [0.717, 1.165) is 0 Å². The van der Waals surface area contributed by atoms with Crippen molar-refractivity contribution in [3.8, 4) is 0 Å². The van der Waals surface area contributed by atoms with Crippen LogP contribution >= 0.6 is 11.3 Å². The number of rotatable bonds is 2. The summed E-state index contributed by atoms with van der Waals surface area (Å²) in [6, 6.07) is 4.15. The van der Waals surface area contributed by atoms with Crippen LogP contribution in [0.3, 0.4) is 0 Å². The van der Waals surface area contributed by atoms with Crippen LogP contribution < -0.4 is 5.32 Å². The molecule has 1 aromatic rings.